The molecule has 0 heterocycles. The maximum absolute atomic E-state index is 12.4. The van der Waals surface area contributed by atoms with Crippen molar-refractivity contribution in [3.8, 4) is 0 Å². The normalized spacial score (nSPS) is 23.1. The molecule has 0 radical (unpaired) electrons. The molecule has 1 aliphatic rings. The molecule has 5 nitrogen and oxygen atoms in total. The molecule has 0 aromatic carbocycles. The second-order valence-electron chi connectivity index (χ2n) is 5.70. The lowest BCUT2D eigenvalue weighted by Gasteiger charge is -2.37. The fourth-order valence-corrected chi connectivity index (χ4v) is 2.09. The maximum Gasteiger partial charge on any atom is 0.305 e. The minimum atomic E-state index is -0.893. The Morgan fingerprint density at radius 2 is 2.00 bits per heavy atom. The van der Waals surface area contributed by atoms with Crippen LogP contribution in [0.25, 0.3) is 0 Å². The second-order valence-corrected chi connectivity index (χ2v) is 5.70. The quantitative estimate of drug-likeness (QED) is 0.733. The SMILES string of the molecule is CC(C)(C)N(CCC(=O)O)C(=O)C1C=CC(N)C1. The molecule has 3 N–H and O–H groups in total. The number of nitrogens with two attached hydrogens (primary N) is 1. The first kappa shape index (κ1) is 14.7. The van der Waals surface area contributed by atoms with Gasteiger partial charge >= 0.3 is 5.97 Å². The number of carboxylic acid groups (broad SMARTS) is 1. The summed E-state index contributed by atoms with van der Waals surface area (Å²) in [5, 5.41) is 8.75. The first-order valence-corrected chi connectivity index (χ1v) is 6.19. The highest BCUT2D eigenvalue weighted by atomic mass is 16.4. The molecule has 0 aromatic heterocycles. The van der Waals surface area contributed by atoms with E-state index in [0.717, 1.165) is 0 Å². The number of carbonyl (C=O) groups excluding carboxylic acids is 1. The topological polar surface area (TPSA) is 83.6 Å². The third-order valence-corrected chi connectivity index (χ3v) is 3.06. The van der Waals surface area contributed by atoms with E-state index in [1.54, 1.807) is 4.90 Å². The summed E-state index contributed by atoms with van der Waals surface area (Å²) in [6.07, 6.45) is 4.23. The standard InChI is InChI=1S/C13H22N2O3/c1-13(2,3)15(7-6-11(16)17)12(18)9-4-5-10(14)8-9/h4-5,9-10H,6-8,14H2,1-3H3,(H,16,17). The molecule has 0 bridgehead atoms. The second kappa shape index (κ2) is 5.52. The summed E-state index contributed by atoms with van der Waals surface area (Å²) in [6.45, 7) is 5.96. The minimum absolute atomic E-state index is 0.0343. The van der Waals surface area contributed by atoms with Crippen molar-refractivity contribution in [2.24, 2.45) is 11.7 Å². The van der Waals surface area contributed by atoms with E-state index >= 15 is 0 Å². The van der Waals surface area contributed by atoms with Crippen molar-refractivity contribution in [1.29, 1.82) is 0 Å². The van der Waals surface area contributed by atoms with E-state index in [9.17, 15) is 9.59 Å². The van der Waals surface area contributed by atoms with Gasteiger partial charge in [-0.2, -0.15) is 0 Å². The molecule has 2 atom stereocenters. The lowest BCUT2D eigenvalue weighted by atomic mass is 10.00. The van der Waals surface area contributed by atoms with Crippen LogP contribution in [0, 0.1) is 5.92 Å². The molecular weight excluding hydrogens is 232 g/mol. The van der Waals surface area contributed by atoms with Gasteiger partial charge in [0, 0.05) is 18.1 Å². The molecule has 1 amide bonds. The number of carbonyl (C=O) groups is 2. The van der Waals surface area contributed by atoms with Crippen LogP contribution < -0.4 is 5.73 Å². The van der Waals surface area contributed by atoms with Gasteiger partial charge in [-0.25, -0.2) is 0 Å². The van der Waals surface area contributed by atoms with Crippen LogP contribution in [0.4, 0.5) is 0 Å². The highest BCUT2D eigenvalue weighted by Gasteiger charge is 2.33. The van der Waals surface area contributed by atoms with Gasteiger partial charge in [0.05, 0.1) is 12.3 Å². The Labute approximate surface area is 108 Å². The van der Waals surface area contributed by atoms with Gasteiger partial charge in [-0.3, -0.25) is 9.59 Å². The Hall–Kier alpha value is -1.36. The Balaban J connectivity index is 2.74. The Morgan fingerprint density at radius 3 is 2.39 bits per heavy atom. The fraction of sp³-hybridized carbons (Fsp3) is 0.692. The summed E-state index contributed by atoms with van der Waals surface area (Å²) in [5.41, 5.74) is 5.36. The number of hydrogen-bond acceptors (Lipinski definition) is 3. The van der Waals surface area contributed by atoms with Gasteiger partial charge in [0.15, 0.2) is 0 Å². The van der Waals surface area contributed by atoms with Gasteiger partial charge in [0.2, 0.25) is 5.91 Å². The van der Waals surface area contributed by atoms with E-state index < -0.39 is 5.97 Å². The van der Waals surface area contributed by atoms with Gasteiger partial charge in [-0.1, -0.05) is 12.2 Å². The van der Waals surface area contributed by atoms with E-state index in [2.05, 4.69) is 0 Å². The molecule has 0 aromatic rings. The van der Waals surface area contributed by atoms with Crippen LogP contribution in [0.2, 0.25) is 0 Å². The van der Waals surface area contributed by atoms with Crippen LogP contribution in [-0.2, 0) is 9.59 Å². The van der Waals surface area contributed by atoms with Gasteiger partial charge < -0.3 is 15.7 Å². The Kier molecular flexibility index (Phi) is 4.51. The number of carboxylic acids is 1. The van der Waals surface area contributed by atoms with E-state index in [1.165, 1.54) is 0 Å². The zero-order chi connectivity index (χ0) is 13.9. The first-order chi connectivity index (χ1) is 8.21. The Bertz CT molecular complexity index is 358. The predicted octanol–water partition coefficient (Wildman–Crippen LogP) is 0.992. The molecule has 0 aliphatic heterocycles. The van der Waals surface area contributed by atoms with Crippen LogP contribution in [0.5, 0.6) is 0 Å². The van der Waals surface area contributed by atoms with E-state index in [-0.39, 0.29) is 36.4 Å². The van der Waals surface area contributed by atoms with Crippen LogP contribution in [0.15, 0.2) is 12.2 Å². The van der Waals surface area contributed by atoms with Gasteiger partial charge in [-0.05, 0) is 27.2 Å². The van der Waals surface area contributed by atoms with Crippen molar-refractivity contribution in [3.63, 3.8) is 0 Å². The number of nitrogens with zero attached hydrogens (tertiary/aromatic N) is 1. The lowest BCUT2D eigenvalue weighted by Crippen LogP contribution is -2.49. The highest BCUT2D eigenvalue weighted by Crippen LogP contribution is 2.24. The third kappa shape index (κ3) is 3.84. The van der Waals surface area contributed by atoms with Gasteiger partial charge in [0.1, 0.15) is 0 Å². The average Bonchev–Trinajstić information content (AvgIpc) is 2.62. The Morgan fingerprint density at radius 1 is 1.39 bits per heavy atom. The molecule has 102 valence electrons. The lowest BCUT2D eigenvalue weighted by molar-refractivity contribution is -0.142. The van der Waals surface area contributed by atoms with Crippen molar-refractivity contribution in [2.45, 2.75) is 45.2 Å². The zero-order valence-corrected chi connectivity index (χ0v) is 11.2. The third-order valence-electron chi connectivity index (χ3n) is 3.06. The summed E-state index contributed by atoms with van der Waals surface area (Å²) < 4.78 is 0. The smallest absolute Gasteiger partial charge is 0.305 e. The highest BCUT2D eigenvalue weighted by molar-refractivity contribution is 5.82. The fourth-order valence-electron chi connectivity index (χ4n) is 2.09. The van der Waals surface area contributed by atoms with Crippen molar-refractivity contribution in [1.82, 2.24) is 4.90 Å². The number of hydrogen-bond donors (Lipinski definition) is 2. The zero-order valence-electron chi connectivity index (χ0n) is 11.2. The molecule has 1 aliphatic carbocycles. The van der Waals surface area contributed by atoms with Gasteiger partial charge in [-0.15, -0.1) is 0 Å². The van der Waals surface area contributed by atoms with Crippen LogP contribution >= 0.6 is 0 Å². The molecule has 0 spiro atoms. The summed E-state index contributed by atoms with van der Waals surface area (Å²) in [7, 11) is 0. The van der Waals surface area contributed by atoms with E-state index in [0.29, 0.717) is 6.42 Å². The van der Waals surface area contributed by atoms with Crippen molar-refractivity contribution in [2.75, 3.05) is 6.54 Å². The number of amides is 1. The van der Waals surface area contributed by atoms with E-state index in [4.69, 9.17) is 10.8 Å². The summed E-state index contributed by atoms with van der Waals surface area (Å²) in [6, 6.07) is -0.0692. The van der Waals surface area contributed by atoms with Crippen molar-refractivity contribution >= 4 is 11.9 Å². The average molecular weight is 254 g/mol. The largest absolute Gasteiger partial charge is 0.481 e. The summed E-state index contributed by atoms with van der Waals surface area (Å²) >= 11 is 0. The number of rotatable bonds is 4. The van der Waals surface area contributed by atoms with Crippen LogP contribution in [0.3, 0.4) is 0 Å². The van der Waals surface area contributed by atoms with Crippen LogP contribution in [0.1, 0.15) is 33.6 Å². The summed E-state index contributed by atoms with van der Waals surface area (Å²) in [5.74, 6) is -1.14. The maximum atomic E-state index is 12.4. The molecule has 18 heavy (non-hydrogen) atoms. The monoisotopic (exact) mass is 254 g/mol. The van der Waals surface area contributed by atoms with E-state index in [1.807, 2.05) is 32.9 Å². The van der Waals surface area contributed by atoms with Gasteiger partial charge in [0.25, 0.3) is 0 Å². The van der Waals surface area contributed by atoms with Crippen molar-refractivity contribution in [3.05, 3.63) is 12.2 Å². The van der Waals surface area contributed by atoms with Crippen LogP contribution in [-0.4, -0.2) is 40.0 Å². The number of aliphatic carboxylic acids is 1. The first-order valence-electron chi connectivity index (χ1n) is 6.19. The molecule has 0 fully saturated rings. The minimum Gasteiger partial charge on any atom is -0.481 e. The molecule has 5 heteroatoms. The molecular formula is C13H22N2O3. The van der Waals surface area contributed by atoms with Crippen molar-refractivity contribution < 1.29 is 14.7 Å². The molecule has 0 saturated carbocycles. The molecule has 1 rings (SSSR count). The predicted molar refractivity (Wildman–Crippen MR) is 68.9 cm³/mol. The molecule has 2 unspecified atom stereocenters. The molecule has 0 saturated heterocycles. The summed E-state index contributed by atoms with van der Waals surface area (Å²) in [4.78, 5) is 24.7.